The summed E-state index contributed by atoms with van der Waals surface area (Å²) in [7, 11) is 0. The average Bonchev–Trinajstić information content (AvgIpc) is 3.27. The van der Waals surface area contributed by atoms with Gasteiger partial charge in [-0.15, -0.1) is 0 Å². The Morgan fingerprint density at radius 1 is 1.22 bits per heavy atom. The number of anilines is 1. The number of hydrogen-bond donors (Lipinski definition) is 1. The van der Waals surface area contributed by atoms with Gasteiger partial charge < -0.3 is 10.2 Å². The highest BCUT2D eigenvalue weighted by Crippen LogP contribution is 2.26. The zero-order chi connectivity index (χ0) is 19.0. The number of nitrogens with zero attached hydrogens (tertiary/aromatic N) is 4. The van der Waals surface area contributed by atoms with E-state index in [0.717, 1.165) is 44.2 Å². The number of hydrogen-bond acceptors (Lipinski definition) is 5. The van der Waals surface area contributed by atoms with Crippen molar-refractivity contribution in [2.75, 3.05) is 37.6 Å². The molecule has 3 aliphatic rings. The molecule has 3 atom stereocenters. The van der Waals surface area contributed by atoms with Crippen molar-refractivity contribution in [3.8, 4) is 0 Å². The lowest BCUT2D eigenvalue weighted by Crippen LogP contribution is -2.52. The van der Waals surface area contributed by atoms with E-state index in [0.29, 0.717) is 24.5 Å². The first-order valence-corrected chi connectivity index (χ1v) is 10.2. The number of aryl methyl sites for hydroxylation is 1. The van der Waals surface area contributed by atoms with Gasteiger partial charge in [0, 0.05) is 68.7 Å². The van der Waals surface area contributed by atoms with Crippen LogP contribution in [0.15, 0.2) is 30.5 Å². The summed E-state index contributed by atoms with van der Waals surface area (Å²) in [6.07, 6.45) is 3.02. The van der Waals surface area contributed by atoms with Gasteiger partial charge in [0.2, 0.25) is 5.91 Å². The maximum Gasteiger partial charge on any atom is 0.229 e. The summed E-state index contributed by atoms with van der Waals surface area (Å²) in [5, 5.41) is 3.64. The SMILES string of the molecule is C=C(C1CCC(C)N1)N1CCN(C2CC(=O)N(c3cccc(C)n3)C2)CC1. The van der Waals surface area contributed by atoms with Gasteiger partial charge in [-0.05, 0) is 38.8 Å². The van der Waals surface area contributed by atoms with Crippen LogP contribution < -0.4 is 10.2 Å². The van der Waals surface area contributed by atoms with Crippen molar-refractivity contribution in [1.82, 2.24) is 20.1 Å². The number of aromatic nitrogens is 1. The molecule has 0 saturated carbocycles. The average molecular weight is 370 g/mol. The number of nitrogens with one attached hydrogen (secondary N) is 1. The second-order valence-electron chi connectivity index (χ2n) is 8.21. The van der Waals surface area contributed by atoms with Crippen LogP contribution in [-0.4, -0.2) is 71.5 Å². The van der Waals surface area contributed by atoms with E-state index in [9.17, 15) is 4.79 Å². The molecule has 4 rings (SSSR count). The normalized spacial score (nSPS) is 29.6. The van der Waals surface area contributed by atoms with Crippen LogP contribution in [0, 0.1) is 6.92 Å². The number of piperazine rings is 1. The van der Waals surface area contributed by atoms with Gasteiger partial charge in [-0.1, -0.05) is 12.6 Å². The molecule has 1 N–H and O–H groups in total. The van der Waals surface area contributed by atoms with Crippen molar-refractivity contribution in [2.24, 2.45) is 0 Å². The Hall–Kier alpha value is -1.92. The molecule has 146 valence electrons. The summed E-state index contributed by atoms with van der Waals surface area (Å²) < 4.78 is 0. The first kappa shape index (κ1) is 18.4. The Bertz CT molecular complexity index is 712. The molecular formula is C21H31N5O. The van der Waals surface area contributed by atoms with E-state index in [1.165, 1.54) is 18.5 Å². The Labute approximate surface area is 162 Å². The molecule has 0 bridgehead atoms. The van der Waals surface area contributed by atoms with Crippen molar-refractivity contribution >= 4 is 11.7 Å². The van der Waals surface area contributed by atoms with Crippen molar-refractivity contribution < 1.29 is 4.79 Å². The number of amides is 1. The molecule has 1 aromatic rings. The third-order valence-electron chi connectivity index (χ3n) is 6.27. The molecule has 1 amide bonds. The molecule has 3 aliphatic heterocycles. The summed E-state index contributed by atoms with van der Waals surface area (Å²) >= 11 is 0. The fourth-order valence-electron chi connectivity index (χ4n) is 4.62. The highest BCUT2D eigenvalue weighted by molar-refractivity contribution is 5.95. The summed E-state index contributed by atoms with van der Waals surface area (Å²) in [6, 6.07) is 7.19. The van der Waals surface area contributed by atoms with Gasteiger partial charge in [0.05, 0.1) is 0 Å². The van der Waals surface area contributed by atoms with Gasteiger partial charge in [-0.2, -0.15) is 0 Å². The lowest BCUT2D eigenvalue weighted by Gasteiger charge is -2.40. The largest absolute Gasteiger partial charge is 0.371 e. The molecule has 6 heteroatoms. The van der Waals surface area contributed by atoms with Crippen molar-refractivity contribution in [3.63, 3.8) is 0 Å². The maximum absolute atomic E-state index is 12.5. The lowest BCUT2D eigenvalue weighted by atomic mass is 10.1. The first-order valence-electron chi connectivity index (χ1n) is 10.2. The van der Waals surface area contributed by atoms with Crippen LogP contribution in [0.2, 0.25) is 0 Å². The van der Waals surface area contributed by atoms with E-state index in [1.54, 1.807) is 0 Å². The number of carbonyl (C=O) groups excluding carboxylic acids is 1. The molecule has 3 unspecified atom stereocenters. The Balaban J connectivity index is 1.32. The standard InChI is InChI=1S/C21H31N5O/c1-15-5-4-6-20(23-15)26-14-18(13-21(26)27)25-11-9-24(10-12-25)17(3)19-8-7-16(2)22-19/h4-6,16,18-19,22H,3,7-14H2,1-2H3. The molecule has 4 heterocycles. The minimum absolute atomic E-state index is 0.189. The van der Waals surface area contributed by atoms with Crippen LogP contribution in [0.25, 0.3) is 0 Å². The molecule has 0 radical (unpaired) electrons. The van der Waals surface area contributed by atoms with Gasteiger partial charge in [0.25, 0.3) is 0 Å². The molecule has 3 saturated heterocycles. The molecule has 0 aliphatic carbocycles. The lowest BCUT2D eigenvalue weighted by molar-refractivity contribution is -0.117. The highest BCUT2D eigenvalue weighted by Gasteiger charge is 2.36. The van der Waals surface area contributed by atoms with E-state index >= 15 is 0 Å². The van der Waals surface area contributed by atoms with E-state index in [1.807, 2.05) is 30.0 Å². The molecule has 0 aromatic carbocycles. The number of rotatable bonds is 4. The molecule has 3 fully saturated rings. The molecule has 27 heavy (non-hydrogen) atoms. The topological polar surface area (TPSA) is 51.7 Å². The zero-order valence-corrected chi connectivity index (χ0v) is 16.5. The van der Waals surface area contributed by atoms with Crippen LogP contribution in [0.1, 0.15) is 31.9 Å². The second-order valence-corrected chi connectivity index (χ2v) is 8.21. The molecule has 0 spiro atoms. The number of carbonyl (C=O) groups is 1. The fraction of sp³-hybridized carbons (Fsp3) is 0.619. The summed E-state index contributed by atoms with van der Waals surface area (Å²) in [4.78, 5) is 23.8. The highest BCUT2D eigenvalue weighted by atomic mass is 16.2. The van der Waals surface area contributed by atoms with Gasteiger partial charge in [-0.3, -0.25) is 14.6 Å². The van der Waals surface area contributed by atoms with Crippen LogP contribution in [0.4, 0.5) is 5.82 Å². The third-order valence-corrected chi connectivity index (χ3v) is 6.27. The predicted octanol–water partition coefficient (Wildman–Crippen LogP) is 1.77. The van der Waals surface area contributed by atoms with Crippen LogP contribution >= 0.6 is 0 Å². The molecule has 1 aromatic heterocycles. The summed E-state index contributed by atoms with van der Waals surface area (Å²) in [5.74, 6) is 0.977. The van der Waals surface area contributed by atoms with E-state index in [-0.39, 0.29) is 5.91 Å². The summed E-state index contributed by atoms with van der Waals surface area (Å²) in [5.41, 5.74) is 2.19. The van der Waals surface area contributed by atoms with E-state index < -0.39 is 0 Å². The Morgan fingerprint density at radius 3 is 2.67 bits per heavy atom. The molecule has 6 nitrogen and oxygen atoms in total. The van der Waals surface area contributed by atoms with Crippen molar-refractivity contribution in [2.45, 2.75) is 51.2 Å². The van der Waals surface area contributed by atoms with Crippen LogP contribution in [0.5, 0.6) is 0 Å². The van der Waals surface area contributed by atoms with Crippen molar-refractivity contribution in [1.29, 1.82) is 0 Å². The summed E-state index contributed by atoms with van der Waals surface area (Å²) in [6.45, 7) is 13.3. The van der Waals surface area contributed by atoms with Gasteiger partial charge in [0.1, 0.15) is 5.82 Å². The van der Waals surface area contributed by atoms with Gasteiger partial charge in [0.15, 0.2) is 0 Å². The third kappa shape index (κ3) is 3.87. The van der Waals surface area contributed by atoms with E-state index in [2.05, 4.69) is 33.6 Å². The van der Waals surface area contributed by atoms with Crippen LogP contribution in [-0.2, 0) is 4.79 Å². The zero-order valence-electron chi connectivity index (χ0n) is 16.5. The van der Waals surface area contributed by atoms with Crippen LogP contribution in [0.3, 0.4) is 0 Å². The van der Waals surface area contributed by atoms with Gasteiger partial charge in [-0.25, -0.2) is 4.98 Å². The second kappa shape index (κ2) is 7.60. The minimum atomic E-state index is 0.189. The predicted molar refractivity (Wildman–Crippen MR) is 108 cm³/mol. The first-order chi connectivity index (χ1) is 13.0. The monoisotopic (exact) mass is 369 g/mol. The Kier molecular flexibility index (Phi) is 5.19. The van der Waals surface area contributed by atoms with E-state index in [4.69, 9.17) is 0 Å². The fourth-order valence-corrected chi connectivity index (χ4v) is 4.62. The number of pyridine rings is 1. The van der Waals surface area contributed by atoms with Crippen molar-refractivity contribution in [3.05, 3.63) is 36.2 Å². The maximum atomic E-state index is 12.5. The minimum Gasteiger partial charge on any atom is -0.371 e. The molecular weight excluding hydrogens is 338 g/mol. The quantitative estimate of drug-likeness (QED) is 0.877. The Morgan fingerprint density at radius 2 is 2.00 bits per heavy atom. The van der Waals surface area contributed by atoms with Gasteiger partial charge >= 0.3 is 0 Å². The smallest absolute Gasteiger partial charge is 0.229 e.